The number of fused-ring (bicyclic) bond motifs is 1. The zero-order chi connectivity index (χ0) is 15.1. The molecule has 1 amide bonds. The third-order valence-electron chi connectivity index (χ3n) is 3.47. The predicted octanol–water partition coefficient (Wildman–Crippen LogP) is 0.357. The Kier molecular flexibility index (Phi) is 2.89. The number of hydrogen-bond acceptors (Lipinski definition) is 5. The van der Waals surface area contributed by atoms with Gasteiger partial charge in [-0.1, -0.05) is 0 Å². The van der Waals surface area contributed by atoms with Crippen molar-refractivity contribution in [1.29, 1.82) is 0 Å². The first-order chi connectivity index (χ1) is 9.97. The summed E-state index contributed by atoms with van der Waals surface area (Å²) in [5.41, 5.74) is 0.624. The fraction of sp³-hybridized carbons (Fsp3) is 0.333. The van der Waals surface area contributed by atoms with Gasteiger partial charge in [0.25, 0.3) is 5.69 Å². The molecule has 2 heterocycles. The normalized spacial score (nSPS) is 17.8. The summed E-state index contributed by atoms with van der Waals surface area (Å²) in [5, 5.41) is 13.4. The maximum atomic E-state index is 12.2. The number of amides is 1. The van der Waals surface area contributed by atoms with Gasteiger partial charge in [0.05, 0.1) is 29.0 Å². The van der Waals surface area contributed by atoms with E-state index in [2.05, 4.69) is 5.32 Å². The van der Waals surface area contributed by atoms with Crippen LogP contribution in [0.5, 0.6) is 0 Å². The van der Waals surface area contributed by atoms with Crippen LogP contribution in [0.3, 0.4) is 0 Å². The number of cyclic esters (lactones) is 1. The van der Waals surface area contributed by atoms with E-state index in [4.69, 9.17) is 4.74 Å². The molecule has 1 aliphatic rings. The fourth-order valence-electron chi connectivity index (χ4n) is 2.43. The molecule has 0 radical (unpaired) electrons. The summed E-state index contributed by atoms with van der Waals surface area (Å²) in [4.78, 5) is 33.6. The summed E-state index contributed by atoms with van der Waals surface area (Å²) < 4.78 is 7.79. The molecule has 110 valence electrons. The van der Waals surface area contributed by atoms with Gasteiger partial charge in [0.1, 0.15) is 6.10 Å². The molecular weight excluding hydrogens is 280 g/mol. The molecule has 3 rings (SSSR count). The zero-order valence-corrected chi connectivity index (χ0v) is 11.1. The van der Waals surface area contributed by atoms with Crippen LogP contribution in [-0.4, -0.2) is 32.8 Å². The van der Waals surface area contributed by atoms with Crippen molar-refractivity contribution in [3.63, 3.8) is 0 Å². The largest absolute Gasteiger partial charge is 0.442 e. The topological polar surface area (TPSA) is 108 Å². The molecule has 1 aliphatic heterocycles. The van der Waals surface area contributed by atoms with Crippen molar-refractivity contribution in [3.8, 4) is 0 Å². The second-order valence-corrected chi connectivity index (χ2v) is 4.79. The number of nitrogens with one attached hydrogen (secondary N) is 1. The first kappa shape index (κ1) is 13.2. The van der Waals surface area contributed by atoms with E-state index >= 15 is 0 Å². The van der Waals surface area contributed by atoms with Crippen LogP contribution in [0.2, 0.25) is 0 Å². The number of aromatic nitrogens is 2. The molecule has 0 aliphatic carbocycles. The molecule has 1 saturated heterocycles. The molecule has 1 aromatic heterocycles. The smallest absolute Gasteiger partial charge is 0.407 e. The van der Waals surface area contributed by atoms with Crippen LogP contribution < -0.4 is 11.0 Å². The van der Waals surface area contributed by atoms with Crippen LogP contribution in [0.15, 0.2) is 23.0 Å². The summed E-state index contributed by atoms with van der Waals surface area (Å²) in [6.45, 7) is 0.451. The van der Waals surface area contributed by atoms with Crippen molar-refractivity contribution in [3.05, 3.63) is 38.8 Å². The number of carbonyl (C=O) groups is 1. The summed E-state index contributed by atoms with van der Waals surface area (Å²) in [6.07, 6.45) is -1.00. The molecule has 1 fully saturated rings. The van der Waals surface area contributed by atoms with Gasteiger partial charge >= 0.3 is 11.8 Å². The predicted molar refractivity (Wildman–Crippen MR) is 72.1 cm³/mol. The van der Waals surface area contributed by atoms with Crippen LogP contribution >= 0.6 is 0 Å². The van der Waals surface area contributed by atoms with E-state index in [0.717, 1.165) is 0 Å². The summed E-state index contributed by atoms with van der Waals surface area (Å²) >= 11 is 0. The number of aryl methyl sites for hydroxylation is 1. The van der Waals surface area contributed by atoms with Gasteiger partial charge in [-0.25, -0.2) is 9.59 Å². The van der Waals surface area contributed by atoms with Crippen LogP contribution in [0, 0.1) is 10.1 Å². The van der Waals surface area contributed by atoms with Gasteiger partial charge in [-0.3, -0.25) is 19.2 Å². The second-order valence-electron chi connectivity index (χ2n) is 4.79. The number of non-ortho nitro benzene ring substituents is 1. The van der Waals surface area contributed by atoms with Crippen molar-refractivity contribution < 1.29 is 14.5 Å². The fourth-order valence-corrected chi connectivity index (χ4v) is 2.43. The highest BCUT2D eigenvalue weighted by molar-refractivity contribution is 5.78. The molecule has 9 nitrogen and oxygen atoms in total. The number of alkyl carbamates (subject to hydrolysis) is 1. The lowest BCUT2D eigenvalue weighted by atomic mass is 10.2. The monoisotopic (exact) mass is 292 g/mol. The molecule has 0 spiro atoms. The number of ether oxygens (including phenoxy) is 1. The summed E-state index contributed by atoms with van der Waals surface area (Å²) in [6, 6.07) is 4.23. The Hall–Kier alpha value is -2.84. The number of hydrogen-bond donors (Lipinski definition) is 1. The van der Waals surface area contributed by atoms with E-state index in [1.54, 1.807) is 7.05 Å². The van der Waals surface area contributed by atoms with E-state index in [1.807, 2.05) is 0 Å². The van der Waals surface area contributed by atoms with Crippen LogP contribution in [0.4, 0.5) is 10.5 Å². The number of imidazole rings is 1. The molecule has 21 heavy (non-hydrogen) atoms. The van der Waals surface area contributed by atoms with E-state index in [9.17, 15) is 19.7 Å². The Morgan fingerprint density at radius 2 is 2.19 bits per heavy atom. The number of benzene rings is 1. The Bertz CT molecular complexity index is 806. The average Bonchev–Trinajstić information content (AvgIpc) is 2.96. The lowest BCUT2D eigenvalue weighted by molar-refractivity contribution is -0.384. The van der Waals surface area contributed by atoms with Crippen molar-refractivity contribution in [2.45, 2.75) is 12.6 Å². The average molecular weight is 292 g/mol. The Labute approximate surface area is 117 Å². The first-order valence-corrected chi connectivity index (χ1v) is 6.25. The standard InChI is InChI=1S/C12H12N4O5/c1-14-9-3-2-7(16(19)20)4-10(9)15(12(14)18)6-8-5-13-11(17)21-8/h2-4,8H,5-6H2,1H3,(H,13,17). The van der Waals surface area contributed by atoms with Crippen molar-refractivity contribution in [2.75, 3.05) is 6.54 Å². The van der Waals surface area contributed by atoms with Crippen LogP contribution in [-0.2, 0) is 18.3 Å². The number of nitrogens with zero attached hydrogens (tertiary/aromatic N) is 3. The van der Waals surface area contributed by atoms with Crippen LogP contribution in [0.1, 0.15) is 0 Å². The number of nitro benzene ring substituents is 1. The Morgan fingerprint density at radius 1 is 1.43 bits per heavy atom. The molecular formula is C12H12N4O5. The number of nitro groups is 1. The Morgan fingerprint density at radius 3 is 2.81 bits per heavy atom. The third kappa shape index (κ3) is 2.12. The van der Waals surface area contributed by atoms with Gasteiger partial charge in [0, 0.05) is 19.2 Å². The summed E-state index contributed by atoms with van der Waals surface area (Å²) in [5.74, 6) is 0. The number of rotatable bonds is 3. The minimum atomic E-state index is -0.528. The first-order valence-electron chi connectivity index (χ1n) is 6.25. The number of carbonyl (C=O) groups excluding carboxylic acids is 1. The zero-order valence-electron chi connectivity index (χ0n) is 11.1. The van der Waals surface area contributed by atoms with E-state index in [-0.39, 0.29) is 17.9 Å². The van der Waals surface area contributed by atoms with Gasteiger partial charge < -0.3 is 10.1 Å². The Balaban J connectivity index is 2.09. The van der Waals surface area contributed by atoms with Gasteiger partial charge in [-0.15, -0.1) is 0 Å². The van der Waals surface area contributed by atoms with Crippen LogP contribution in [0.25, 0.3) is 11.0 Å². The SMILES string of the molecule is Cn1c(=O)n(CC2CNC(=O)O2)c2cc([N+](=O)[O-])ccc21. The van der Waals surface area contributed by atoms with Gasteiger partial charge in [0.2, 0.25) is 0 Å². The molecule has 1 atom stereocenters. The molecule has 0 saturated carbocycles. The minimum absolute atomic E-state index is 0.0941. The van der Waals surface area contributed by atoms with Crippen molar-refractivity contribution in [1.82, 2.24) is 14.5 Å². The molecule has 2 aromatic rings. The van der Waals surface area contributed by atoms with E-state index < -0.39 is 17.1 Å². The lowest BCUT2D eigenvalue weighted by Crippen LogP contribution is -2.29. The van der Waals surface area contributed by atoms with Crippen molar-refractivity contribution >= 4 is 22.8 Å². The van der Waals surface area contributed by atoms with Gasteiger partial charge in [-0.2, -0.15) is 0 Å². The lowest BCUT2D eigenvalue weighted by Gasteiger charge is -2.08. The van der Waals surface area contributed by atoms with E-state index in [0.29, 0.717) is 17.6 Å². The maximum Gasteiger partial charge on any atom is 0.407 e. The van der Waals surface area contributed by atoms with E-state index in [1.165, 1.54) is 27.3 Å². The third-order valence-corrected chi connectivity index (χ3v) is 3.47. The molecule has 1 unspecified atom stereocenters. The highest BCUT2D eigenvalue weighted by Gasteiger charge is 2.25. The molecule has 1 aromatic carbocycles. The van der Waals surface area contributed by atoms with Gasteiger partial charge in [0.15, 0.2) is 0 Å². The highest BCUT2D eigenvalue weighted by atomic mass is 16.6. The van der Waals surface area contributed by atoms with Crippen molar-refractivity contribution in [2.24, 2.45) is 7.05 Å². The maximum absolute atomic E-state index is 12.2. The minimum Gasteiger partial charge on any atom is -0.442 e. The summed E-state index contributed by atoms with van der Waals surface area (Å²) in [7, 11) is 1.59. The second kappa shape index (κ2) is 4.62. The van der Waals surface area contributed by atoms with Gasteiger partial charge in [-0.05, 0) is 6.07 Å². The molecule has 0 bridgehead atoms. The highest BCUT2D eigenvalue weighted by Crippen LogP contribution is 2.20. The molecule has 1 N–H and O–H groups in total. The molecule has 9 heteroatoms. The quantitative estimate of drug-likeness (QED) is 0.649.